The van der Waals surface area contributed by atoms with E-state index in [1.54, 1.807) is 31.3 Å². The molecule has 1 amide bonds. The van der Waals surface area contributed by atoms with Crippen LogP contribution in [0, 0.1) is 0 Å². The van der Waals surface area contributed by atoms with Crippen LogP contribution in [0.2, 0.25) is 0 Å². The molecular weight excluding hydrogens is 258 g/mol. The molecule has 0 saturated carbocycles. The van der Waals surface area contributed by atoms with Crippen molar-refractivity contribution in [1.29, 1.82) is 0 Å². The zero-order chi connectivity index (χ0) is 14.5. The number of rotatable bonds is 3. The Kier molecular flexibility index (Phi) is 4.05. The molecule has 2 aromatic rings. The van der Waals surface area contributed by atoms with Gasteiger partial charge in [0, 0.05) is 19.4 Å². The van der Waals surface area contributed by atoms with Gasteiger partial charge in [0.15, 0.2) is 0 Å². The number of carbonyl (C=O) groups is 2. The number of benzene rings is 1. The van der Waals surface area contributed by atoms with Crippen LogP contribution in [0.5, 0.6) is 0 Å². The molecule has 20 heavy (non-hydrogen) atoms. The van der Waals surface area contributed by atoms with Crippen LogP contribution in [0.25, 0.3) is 0 Å². The predicted octanol–water partition coefficient (Wildman–Crippen LogP) is 1.54. The molecule has 0 N–H and O–H groups in total. The number of amides is 1. The highest BCUT2D eigenvalue weighted by atomic mass is 16.5. The van der Waals surface area contributed by atoms with Crippen LogP contribution in [-0.4, -0.2) is 36.0 Å². The maximum Gasteiger partial charge on any atom is 0.339 e. The summed E-state index contributed by atoms with van der Waals surface area (Å²) in [5.74, 6) is -0.853. The van der Waals surface area contributed by atoms with Crippen LogP contribution >= 0.6 is 0 Å². The van der Waals surface area contributed by atoms with Crippen LogP contribution in [-0.2, 0) is 4.74 Å². The second-order valence-electron chi connectivity index (χ2n) is 3.96. The lowest BCUT2D eigenvalue weighted by atomic mass is 10.1. The number of esters is 1. The van der Waals surface area contributed by atoms with E-state index in [2.05, 4.69) is 9.97 Å². The van der Waals surface area contributed by atoms with Gasteiger partial charge in [0.25, 0.3) is 5.91 Å². The number of aromatic nitrogens is 2. The van der Waals surface area contributed by atoms with Gasteiger partial charge in [-0.1, -0.05) is 12.1 Å². The minimum atomic E-state index is -0.501. The summed E-state index contributed by atoms with van der Waals surface area (Å²) in [6.07, 6.45) is 4.30. The normalized spacial score (nSPS) is 9.90. The SMILES string of the molecule is COC(=O)c1ccccc1N(C)C(=O)c1cnccn1. The van der Waals surface area contributed by atoms with Crippen LogP contribution in [0.15, 0.2) is 42.9 Å². The number of ether oxygens (including phenoxy) is 1. The van der Waals surface area contributed by atoms with E-state index >= 15 is 0 Å². The van der Waals surface area contributed by atoms with Crippen molar-refractivity contribution in [3.8, 4) is 0 Å². The molecule has 0 unspecified atom stereocenters. The number of hydrogen-bond acceptors (Lipinski definition) is 5. The molecule has 0 atom stereocenters. The molecule has 6 nitrogen and oxygen atoms in total. The van der Waals surface area contributed by atoms with Crippen molar-refractivity contribution >= 4 is 17.6 Å². The van der Waals surface area contributed by atoms with Crippen molar-refractivity contribution in [2.24, 2.45) is 0 Å². The number of carbonyl (C=O) groups excluding carboxylic acids is 2. The van der Waals surface area contributed by atoms with Crippen LogP contribution < -0.4 is 4.90 Å². The van der Waals surface area contributed by atoms with Crippen LogP contribution in [0.1, 0.15) is 20.8 Å². The summed E-state index contributed by atoms with van der Waals surface area (Å²) < 4.78 is 4.71. The summed E-state index contributed by atoms with van der Waals surface area (Å²) in [7, 11) is 2.86. The quantitative estimate of drug-likeness (QED) is 0.792. The van der Waals surface area contributed by atoms with Gasteiger partial charge < -0.3 is 9.64 Å². The molecule has 0 aliphatic rings. The van der Waals surface area contributed by atoms with Gasteiger partial charge in [0.1, 0.15) is 5.69 Å². The third kappa shape index (κ3) is 2.64. The summed E-state index contributed by atoms with van der Waals surface area (Å²) in [4.78, 5) is 33.1. The number of anilines is 1. The van der Waals surface area contributed by atoms with E-state index in [1.165, 1.54) is 30.6 Å². The minimum absolute atomic E-state index is 0.203. The first-order valence-electron chi connectivity index (χ1n) is 5.86. The Morgan fingerprint density at radius 3 is 2.60 bits per heavy atom. The maximum atomic E-state index is 12.3. The third-order valence-electron chi connectivity index (χ3n) is 2.76. The van der Waals surface area contributed by atoms with Gasteiger partial charge in [-0.25, -0.2) is 9.78 Å². The molecule has 1 aromatic heterocycles. The summed E-state index contributed by atoms with van der Waals surface area (Å²) in [6, 6.07) is 6.71. The molecule has 0 aliphatic carbocycles. The van der Waals surface area contributed by atoms with E-state index in [1.807, 2.05) is 0 Å². The van der Waals surface area contributed by atoms with Gasteiger partial charge >= 0.3 is 5.97 Å². The van der Waals surface area contributed by atoms with Crippen molar-refractivity contribution in [3.63, 3.8) is 0 Å². The lowest BCUT2D eigenvalue weighted by molar-refractivity contribution is 0.0601. The van der Waals surface area contributed by atoms with Gasteiger partial charge in [0.05, 0.1) is 24.6 Å². The summed E-state index contributed by atoms with van der Waals surface area (Å²) in [5, 5.41) is 0. The van der Waals surface area contributed by atoms with Crippen molar-refractivity contribution in [1.82, 2.24) is 9.97 Å². The zero-order valence-corrected chi connectivity index (χ0v) is 11.1. The number of nitrogens with zero attached hydrogens (tertiary/aromatic N) is 3. The minimum Gasteiger partial charge on any atom is -0.465 e. The number of para-hydroxylation sites is 1. The van der Waals surface area contributed by atoms with Crippen molar-refractivity contribution in [2.45, 2.75) is 0 Å². The lowest BCUT2D eigenvalue weighted by Gasteiger charge is -2.19. The zero-order valence-electron chi connectivity index (χ0n) is 11.1. The molecule has 0 spiro atoms. The first kappa shape index (κ1) is 13.7. The number of methoxy groups -OCH3 is 1. The Balaban J connectivity index is 2.37. The lowest BCUT2D eigenvalue weighted by Crippen LogP contribution is -2.28. The van der Waals surface area contributed by atoms with E-state index in [0.717, 1.165) is 0 Å². The summed E-state index contributed by atoms with van der Waals surface area (Å²) in [6.45, 7) is 0. The molecule has 1 heterocycles. The third-order valence-corrected chi connectivity index (χ3v) is 2.76. The van der Waals surface area contributed by atoms with E-state index < -0.39 is 5.97 Å². The number of hydrogen-bond donors (Lipinski definition) is 0. The Hall–Kier alpha value is -2.76. The average Bonchev–Trinajstić information content (AvgIpc) is 2.53. The highest BCUT2D eigenvalue weighted by molar-refractivity contribution is 6.08. The highest BCUT2D eigenvalue weighted by Crippen LogP contribution is 2.21. The van der Waals surface area contributed by atoms with Gasteiger partial charge in [-0.15, -0.1) is 0 Å². The molecule has 6 heteroatoms. The Morgan fingerprint density at radius 2 is 1.95 bits per heavy atom. The van der Waals surface area contributed by atoms with E-state index in [4.69, 9.17) is 4.74 Å². The second kappa shape index (κ2) is 5.92. The Bertz CT molecular complexity index is 629. The Morgan fingerprint density at radius 1 is 1.20 bits per heavy atom. The largest absolute Gasteiger partial charge is 0.465 e. The van der Waals surface area contributed by atoms with E-state index in [0.29, 0.717) is 11.3 Å². The highest BCUT2D eigenvalue weighted by Gasteiger charge is 2.20. The molecular formula is C14H13N3O3. The molecule has 102 valence electrons. The molecule has 0 fully saturated rings. The van der Waals surface area contributed by atoms with Gasteiger partial charge in [-0.05, 0) is 12.1 Å². The standard InChI is InChI=1S/C14H13N3O3/c1-17(13(18)11-9-15-7-8-16-11)12-6-4-3-5-10(12)14(19)20-2/h3-9H,1-2H3. The summed E-state index contributed by atoms with van der Waals surface area (Å²) >= 11 is 0. The van der Waals surface area contributed by atoms with Crippen molar-refractivity contribution in [3.05, 3.63) is 54.1 Å². The first-order chi connectivity index (χ1) is 9.65. The van der Waals surface area contributed by atoms with Gasteiger partial charge in [0.2, 0.25) is 0 Å². The summed E-state index contributed by atoms with van der Waals surface area (Å²) in [5.41, 5.74) is 0.972. The fourth-order valence-electron chi connectivity index (χ4n) is 1.74. The maximum absolute atomic E-state index is 12.3. The van der Waals surface area contributed by atoms with Crippen molar-refractivity contribution < 1.29 is 14.3 Å². The smallest absolute Gasteiger partial charge is 0.339 e. The fraction of sp³-hybridized carbons (Fsp3) is 0.143. The molecule has 1 aromatic carbocycles. The second-order valence-corrected chi connectivity index (χ2v) is 3.96. The molecule has 0 aliphatic heterocycles. The molecule has 2 rings (SSSR count). The van der Waals surface area contributed by atoms with E-state index in [9.17, 15) is 9.59 Å². The van der Waals surface area contributed by atoms with Gasteiger partial charge in [-0.2, -0.15) is 0 Å². The van der Waals surface area contributed by atoms with Crippen LogP contribution in [0.4, 0.5) is 5.69 Å². The molecule has 0 saturated heterocycles. The van der Waals surface area contributed by atoms with E-state index in [-0.39, 0.29) is 11.6 Å². The topological polar surface area (TPSA) is 72.4 Å². The van der Waals surface area contributed by atoms with Crippen molar-refractivity contribution in [2.75, 3.05) is 19.1 Å². The molecule has 0 radical (unpaired) electrons. The Labute approximate surface area is 116 Å². The first-order valence-corrected chi connectivity index (χ1v) is 5.86. The fourth-order valence-corrected chi connectivity index (χ4v) is 1.74. The monoisotopic (exact) mass is 271 g/mol. The predicted molar refractivity (Wildman–Crippen MR) is 72.5 cm³/mol. The van der Waals surface area contributed by atoms with Crippen LogP contribution in [0.3, 0.4) is 0 Å². The average molecular weight is 271 g/mol. The van der Waals surface area contributed by atoms with Gasteiger partial charge in [-0.3, -0.25) is 9.78 Å². The molecule has 0 bridgehead atoms.